The highest BCUT2D eigenvalue weighted by Crippen LogP contribution is 2.26. The van der Waals surface area contributed by atoms with Crippen LogP contribution in [0.4, 0.5) is 5.82 Å². The van der Waals surface area contributed by atoms with Gasteiger partial charge in [-0.25, -0.2) is 9.67 Å². The first kappa shape index (κ1) is 17.4. The molecule has 0 aliphatic heterocycles. The molecule has 1 N–H and O–H groups in total. The van der Waals surface area contributed by atoms with Crippen molar-refractivity contribution in [3.63, 3.8) is 0 Å². The summed E-state index contributed by atoms with van der Waals surface area (Å²) >= 11 is 0. The molecule has 0 aliphatic rings. The van der Waals surface area contributed by atoms with Crippen molar-refractivity contribution in [2.75, 3.05) is 0 Å². The van der Waals surface area contributed by atoms with E-state index < -0.39 is 0 Å². The fraction of sp³-hybridized carbons (Fsp3) is 0.0952. The summed E-state index contributed by atoms with van der Waals surface area (Å²) in [6.07, 6.45) is 1.38. The van der Waals surface area contributed by atoms with Crippen molar-refractivity contribution in [3.05, 3.63) is 78.1 Å². The second-order valence-corrected chi connectivity index (χ2v) is 5.81. The number of aliphatic hydroxyl groups is 1. The van der Waals surface area contributed by atoms with Gasteiger partial charge >= 0.3 is 0 Å². The predicted octanol–water partition coefficient (Wildman–Crippen LogP) is 4.66. The van der Waals surface area contributed by atoms with Gasteiger partial charge in [-0.2, -0.15) is 5.10 Å². The third-order valence-electron chi connectivity index (χ3n) is 3.86. The van der Waals surface area contributed by atoms with Gasteiger partial charge in [-0.05, 0) is 26.0 Å². The van der Waals surface area contributed by atoms with E-state index in [1.165, 1.54) is 20.1 Å². The van der Waals surface area contributed by atoms with Gasteiger partial charge in [-0.15, -0.1) is 0 Å². The molecule has 3 rings (SSSR count). The summed E-state index contributed by atoms with van der Waals surface area (Å²) in [5, 5.41) is 14.3. The van der Waals surface area contributed by atoms with E-state index in [0.717, 1.165) is 16.9 Å². The molecule has 2 aromatic carbocycles. The summed E-state index contributed by atoms with van der Waals surface area (Å²) < 4.78 is 1.71. The van der Waals surface area contributed by atoms with Crippen LogP contribution in [0.5, 0.6) is 0 Å². The number of aliphatic imine (C=N–C) groups is 1. The Morgan fingerprint density at radius 1 is 1.04 bits per heavy atom. The molecule has 0 saturated heterocycles. The Hall–Kier alpha value is -3.47. The lowest BCUT2D eigenvalue weighted by atomic mass is 10.1. The minimum Gasteiger partial charge on any atom is -0.512 e. The highest BCUT2D eigenvalue weighted by molar-refractivity contribution is 6.12. The Kier molecular flexibility index (Phi) is 5.08. The van der Waals surface area contributed by atoms with Crippen LogP contribution in [0.2, 0.25) is 0 Å². The number of hydrogen-bond donors (Lipinski definition) is 1. The van der Waals surface area contributed by atoms with E-state index in [4.69, 9.17) is 0 Å². The number of aromatic nitrogens is 2. The molecule has 130 valence electrons. The summed E-state index contributed by atoms with van der Waals surface area (Å²) in [7, 11) is 0. The van der Waals surface area contributed by atoms with Gasteiger partial charge in [0.2, 0.25) is 0 Å². The minimum atomic E-state index is -0.247. The molecule has 26 heavy (non-hydrogen) atoms. The smallest absolute Gasteiger partial charge is 0.164 e. The summed E-state index contributed by atoms with van der Waals surface area (Å²) in [6, 6.07) is 21.3. The molecule has 5 heteroatoms. The maximum atomic E-state index is 11.7. The fourth-order valence-electron chi connectivity index (χ4n) is 2.54. The Labute approximate surface area is 152 Å². The topological polar surface area (TPSA) is 67.5 Å². The van der Waals surface area contributed by atoms with E-state index in [0.29, 0.717) is 5.82 Å². The minimum absolute atomic E-state index is 0.0599. The number of Topliss-reactive ketones (excluding diaryl/α,β-unsaturated/α-hetero) is 1. The molecule has 3 aromatic rings. The maximum Gasteiger partial charge on any atom is 0.164 e. The molecule has 0 atom stereocenters. The number of para-hydroxylation sites is 1. The van der Waals surface area contributed by atoms with Crippen molar-refractivity contribution in [1.29, 1.82) is 0 Å². The number of ketones is 1. The van der Waals surface area contributed by atoms with Crippen LogP contribution in [-0.2, 0) is 4.79 Å². The molecule has 0 fully saturated rings. The normalized spacial score (nSPS) is 12.2. The van der Waals surface area contributed by atoms with E-state index in [2.05, 4.69) is 10.1 Å². The molecule has 0 spiro atoms. The Morgan fingerprint density at radius 2 is 1.65 bits per heavy atom. The number of hydrogen-bond acceptors (Lipinski definition) is 4. The molecule has 0 unspecified atom stereocenters. The highest BCUT2D eigenvalue weighted by Gasteiger charge is 2.11. The highest BCUT2D eigenvalue weighted by atomic mass is 16.3. The van der Waals surface area contributed by atoms with E-state index in [1.807, 2.05) is 66.7 Å². The summed E-state index contributed by atoms with van der Waals surface area (Å²) in [5.74, 6) is 0.258. The third-order valence-corrected chi connectivity index (χ3v) is 3.86. The molecule has 1 aromatic heterocycles. The van der Waals surface area contributed by atoms with Crippen molar-refractivity contribution >= 4 is 17.8 Å². The van der Waals surface area contributed by atoms with Crippen LogP contribution in [0.15, 0.2) is 83.1 Å². The second kappa shape index (κ2) is 7.61. The number of rotatable bonds is 5. The number of allylic oxidation sites excluding steroid dienone is 2. The first-order chi connectivity index (χ1) is 12.6. The summed E-state index contributed by atoms with van der Waals surface area (Å²) in [5.41, 5.74) is 2.78. The SMILES string of the molecule is CC(=O)C(/C=N/c1cc(-c2ccccc2)nn1-c1ccccc1)=C(/C)O. The summed E-state index contributed by atoms with van der Waals surface area (Å²) in [4.78, 5) is 16.1. The maximum absolute atomic E-state index is 11.7. The Balaban J connectivity index is 2.10. The molecular weight excluding hydrogens is 326 g/mol. The lowest BCUT2D eigenvalue weighted by molar-refractivity contribution is -0.113. The van der Waals surface area contributed by atoms with Gasteiger partial charge in [0.1, 0.15) is 5.76 Å². The molecule has 0 saturated carbocycles. The van der Waals surface area contributed by atoms with Gasteiger partial charge in [0.05, 0.1) is 17.0 Å². The van der Waals surface area contributed by atoms with Crippen LogP contribution in [0, 0.1) is 0 Å². The van der Waals surface area contributed by atoms with Crippen molar-refractivity contribution in [3.8, 4) is 16.9 Å². The summed E-state index contributed by atoms with van der Waals surface area (Å²) in [6.45, 7) is 2.86. The second-order valence-electron chi connectivity index (χ2n) is 5.81. The lowest BCUT2D eigenvalue weighted by Gasteiger charge is -2.04. The number of benzene rings is 2. The number of carbonyl (C=O) groups is 1. The third kappa shape index (κ3) is 3.78. The van der Waals surface area contributed by atoms with E-state index in [1.54, 1.807) is 4.68 Å². The zero-order chi connectivity index (χ0) is 18.5. The average molecular weight is 345 g/mol. The fourth-order valence-corrected chi connectivity index (χ4v) is 2.54. The van der Waals surface area contributed by atoms with Crippen LogP contribution in [0.3, 0.4) is 0 Å². The lowest BCUT2D eigenvalue weighted by Crippen LogP contribution is -2.02. The van der Waals surface area contributed by atoms with Gasteiger partial charge in [0, 0.05) is 17.8 Å². The quantitative estimate of drug-likeness (QED) is 0.415. The number of carbonyl (C=O) groups excluding carboxylic acids is 1. The zero-order valence-corrected chi connectivity index (χ0v) is 14.6. The average Bonchev–Trinajstić information content (AvgIpc) is 3.07. The zero-order valence-electron chi connectivity index (χ0n) is 14.6. The van der Waals surface area contributed by atoms with Gasteiger partial charge < -0.3 is 5.11 Å². The van der Waals surface area contributed by atoms with E-state index in [-0.39, 0.29) is 17.1 Å². The standard InChI is InChI=1S/C21H19N3O2/c1-15(25)19(16(2)26)14-22-21-13-20(17-9-5-3-6-10-17)23-24(21)18-11-7-4-8-12-18/h3-14,25H,1-2H3/b19-15-,22-14+. The van der Waals surface area contributed by atoms with Crippen LogP contribution < -0.4 is 0 Å². The van der Waals surface area contributed by atoms with E-state index in [9.17, 15) is 9.90 Å². The van der Waals surface area contributed by atoms with Gasteiger partial charge in [0.25, 0.3) is 0 Å². The molecule has 1 heterocycles. The van der Waals surface area contributed by atoms with Crippen molar-refractivity contribution in [2.24, 2.45) is 4.99 Å². The largest absolute Gasteiger partial charge is 0.512 e. The van der Waals surface area contributed by atoms with Gasteiger partial charge in [0.15, 0.2) is 11.6 Å². The van der Waals surface area contributed by atoms with Gasteiger partial charge in [-0.3, -0.25) is 4.79 Å². The first-order valence-corrected chi connectivity index (χ1v) is 8.22. The van der Waals surface area contributed by atoms with Crippen molar-refractivity contribution in [2.45, 2.75) is 13.8 Å². The molecule has 0 aliphatic carbocycles. The van der Waals surface area contributed by atoms with Crippen molar-refractivity contribution < 1.29 is 9.90 Å². The van der Waals surface area contributed by atoms with Crippen LogP contribution in [-0.4, -0.2) is 26.9 Å². The number of nitrogens with zero attached hydrogens (tertiary/aromatic N) is 3. The Morgan fingerprint density at radius 3 is 2.23 bits per heavy atom. The van der Waals surface area contributed by atoms with Crippen LogP contribution >= 0.6 is 0 Å². The monoisotopic (exact) mass is 345 g/mol. The molecule has 5 nitrogen and oxygen atoms in total. The first-order valence-electron chi connectivity index (χ1n) is 8.22. The van der Waals surface area contributed by atoms with Crippen LogP contribution in [0.1, 0.15) is 13.8 Å². The predicted molar refractivity (Wildman–Crippen MR) is 103 cm³/mol. The molecule has 0 bridgehead atoms. The van der Waals surface area contributed by atoms with Gasteiger partial charge in [-0.1, -0.05) is 48.5 Å². The molecule has 0 radical (unpaired) electrons. The van der Waals surface area contributed by atoms with Crippen molar-refractivity contribution in [1.82, 2.24) is 9.78 Å². The number of aliphatic hydroxyl groups excluding tert-OH is 1. The van der Waals surface area contributed by atoms with Crippen LogP contribution in [0.25, 0.3) is 16.9 Å². The van der Waals surface area contributed by atoms with E-state index >= 15 is 0 Å². The molecular formula is C21H19N3O2. The Bertz CT molecular complexity index is 967. The molecule has 0 amide bonds.